The van der Waals surface area contributed by atoms with Crippen molar-refractivity contribution in [1.29, 1.82) is 0 Å². The molecule has 0 amide bonds. The molecule has 1 aromatic carbocycles. The highest BCUT2D eigenvalue weighted by atomic mass is 35.5. The Kier molecular flexibility index (Phi) is 5.43. The molecule has 0 bridgehead atoms. The fourth-order valence-corrected chi connectivity index (χ4v) is 3.04. The molecule has 0 unspecified atom stereocenters. The molecule has 0 saturated carbocycles. The van der Waals surface area contributed by atoms with Gasteiger partial charge in [-0.2, -0.15) is 10.2 Å². The van der Waals surface area contributed by atoms with Crippen molar-refractivity contribution >= 4 is 29.4 Å². The van der Waals surface area contributed by atoms with E-state index in [2.05, 4.69) is 27.2 Å². The van der Waals surface area contributed by atoms with E-state index < -0.39 is 0 Å². The van der Waals surface area contributed by atoms with Gasteiger partial charge in [-0.1, -0.05) is 35.3 Å². The number of aromatic nitrogens is 2. The van der Waals surface area contributed by atoms with Crippen LogP contribution in [0.3, 0.4) is 0 Å². The lowest BCUT2D eigenvalue weighted by Gasteiger charge is -2.30. The van der Waals surface area contributed by atoms with Gasteiger partial charge in [-0.05, 0) is 31.7 Å². The second-order valence-corrected chi connectivity index (χ2v) is 6.87. The summed E-state index contributed by atoms with van der Waals surface area (Å²) in [4.78, 5) is 2.30. The minimum atomic E-state index is 0.610. The Morgan fingerprint density at radius 2 is 1.79 bits per heavy atom. The van der Waals surface area contributed by atoms with Gasteiger partial charge in [0, 0.05) is 31.2 Å². The summed E-state index contributed by atoms with van der Waals surface area (Å²) in [5.41, 5.74) is 2.86. The minimum Gasteiger partial charge on any atom is -0.303 e. The van der Waals surface area contributed by atoms with Gasteiger partial charge in [0.1, 0.15) is 5.15 Å². The minimum absolute atomic E-state index is 0.610. The van der Waals surface area contributed by atoms with E-state index in [4.69, 9.17) is 23.2 Å². The molecule has 1 fully saturated rings. The summed E-state index contributed by atoms with van der Waals surface area (Å²) in [5, 5.41) is 12.5. The van der Waals surface area contributed by atoms with Crippen molar-refractivity contribution in [1.82, 2.24) is 19.7 Å². The van der Waals surface area contributed by atoms with Crippen molar-refractivity contribution in [2.24, 2.45) is 5.10 Å². The Labute approximate surface area is 152 Å². The molecule has 0 atom stereocenters. The highest BCUT2D eigenvalue weighted by molar-refractivity contribution is 6.32. The van der Waals surface area contributed by atoms with Gasteiger partial charge in [-0.15, -0.1) is 0 Å². The summed E-state index contributed by atoms with van der Waals surface area (Å²) < 4.78 is 1.80. The van der Waals surface area contributed by atoms with E-state index in [1.807, 2.05) is 37.4 Å². The first-order chi connectivity index (χ1) is 11.5. The van der Waals surface area contributed by atoms with Crippen LogP contribution in [0.15, 0.2) is 29.4 Å². The van der Waals surface area contributed by atoms with Crippen LogP contribution in [-0.2, 0) is 6.54 Å². The monoisotopic (exact) mass is 365 g/mol. The standard InChI is InChI=1S/C17H21Cl2N5/c1-13-16(11-20-23-9-7-22(2)8-10-23)17(19)24(21-13)12-14-3-5-15(18)6-4-14/h3-6,11H,7-10,12H2,1-2H3. The van der Waals surface area contributed by atoms with Crippen molar-refractivity contribution in [3.05, 3.63) is 51.3 Å². The molecule has 0 radical (unpaired) electrons. The lowest BCUT2D eigenvalue weighted by atomic mass is 10.2. The molecule has 1 saturated heterocycles. The molecular weight excluding hydrogens is 345 g/mol. The van der Waals surface area contributed by atoms with E-state index in [0.717, 1.165) is 48.0 Å². The van der Waals surface area contributed by atoms with Crippen LogP contribution in [0.1, 0.15) is 16.8 Å². The molecule has 1 aliphatic heterocycles. The molecular formula is C17H21Cl2N5. The molecule has 0 spiro atoms. The SMILES string of the molecule is Cc1nn(Cc2ccc(Cl)cc2)c(Cl)c1C=NN1CCN(C)CC1. The number of rotatable bonds is 4. The fraction of sp³-hybridized carbons (Fsp3) is 0.412. The molecule has 2 heterocycles. The first kappa shape index (κ1) is 17.3. The van der Waals surface area contributed by atoms with Gasteiger partial charge < -0.3 is 4.90 Å². The van der Waals surface area contributed by atoms with Crippen LogP contribution in [0.2, 0.25) is 10.2 Å². The molecule has 1 aliphatic rings. The smallest absolute Gasteiger partial charge is 0.136 e. The Hall–Kier alpha value is -1.56. The molecule has 1 aromatic heterocycles. The van der Waals surface area contributed by atoms with Crippen LogP contribution in [0.5, 0.6) is 0 Å². The number of halogens is 2. The molecule has 0 N–H and O–H groups in total. The summed E-state index contributed by atoms with van der Waals surface area (Å²) in [6.45, 7) is 6.49. The van der Waals surface area contributed by atoms with Gasteiger partial charge in [-0.25, -0.2) is 4.68 Å². The van der Waals surface area contributed by atoms with Gasteiger partial charge in [0.05, 0.1) is 24.0 Å². The second-order valence-electron chi connectivity index (χ2n) is 6.08. The maximum atomic E-state index is 6.51. The quantitative estimate of drug-likeness (QED) is 0.781. The summed E-state index contributed by atoms with van der Waals surface area (Å²) in [7, 11) is 2.13. The maximum absolute atomic E-state index is 6.51. The number of piperazine rings is 1. The highest BCUT2D eigenvalue weighted by Crippen LogP contribution is 2.20. The zero-order valence-electron chi connectivity index (χ0n) is 13.9. The molecule has 128 valence electrons. The van der Waals surface area contributed by atoms with Crippen LogP contribution < -0.4 is 0 Å². The highest BCUT2D eigenvalue weighted by Gasteiger charge is 2.14. The lowest BCUT2D eigenvalue weighted by molar-refractivity contribution is 0.159. The predicted molar refractivity (Wildman–Crippen MR) is 99.2 cm³/mol. The first-order valence-electron chi connectivity index (χ1n) is 7.98. The molecule has 5 nitrogen and oxygen atoms in total. The van der Waals surface area contributed by atoms with Crippen molar-refractivity contribution in [2.75, 3.05) is 33.2 Å². The van der Waals surface area contributed by atoms with E-state index in [-0.39, 0.29) is 0 Å². The van der Waals surface area contributed by atoms with E-state index in [9.17, 15) is 0 Å². The maximum Gasteiger partial charge on any atom is 0.136 e. The van der Waals surface area contributed by atoms with Gasteiger partial charge in [-0.3, -0.25) is 5.01 Å². The van der Waals surface area contributed by atoms with Gasteiger partial charge >= 0.3 is 0 Å². The Morgan fingerprint density at radius 3 is 2.46 bits per heavy atom. The van der Waals surface area contributed by atoms with Gasteiger partial charge in [0.15, 0.2) is 0 Å². The second kappa shape index (κ2) is 7.55. The lowest BCUT2D eigenvalue weighted by Crippen LogP contribution is -2.41. The third-order valence-electron chi connectivity index (χ3n) is 4.18. The number of hydrogen-bond acceptors (Lipinski definition) is 4. The van der Waals surface area contributed by atoms with Crippen LogP contribution in [0, 0.1) is 6.92 Å². The van der Waals surface area contributed by atoms with Crippen molar-refractivity contribution in [3.63, 3.8) is 0 Å². The van der Waals surface area contributed by atoms with Gasteiger partial charge in [0.25, 0.3) is 0 Å². The van der Waals surface area contributed by atoms with E-state index >= 15 is 0 Å². The first-order valence-corrected chi connectivity index (χ1v) is 8.73. The normalized spacial score (nSPS) is 16.2. The zero-order valence-corrected chi connectivity index (χ0v) is 15.4. The van der Waals surface area contributed by atoms with E-state index in [1.54, 1.807) is 4.68 Å². The topological polar surface area (TPSA) is 36.7 Å². The van der Waals surface area contributed by atoms with E-state index in [0.29, 0.717) is 11.7 Å². The van der Waals surface area contributed by atoms with Crippen LogP contribution in [0.25, 0.3) is 0 Å². The van der Waals surface area contributed by atoms with Crippen molar-refractivity contribution < 1.29 is 0 Å². The molecule has 2 aromatic rings. The van der Waals surface area contributed by atoms with Crippen LogP contribution in [0.4, 0.5) is 0 Å². The average Bonchev–Trinajstić information content (AvgIpc) is 2.83. The summed E-state index contributed by atoms with van der Waals surface area (Å²) in [5.74, 6) is 0. The number of hydrogen-bond donors (Lipinski definition) is 0. The number of likely N-dealkylation sites (N-methyl/N-ethyl adjacent to an activating group) is 1. The number of benzene rings is 1. The van der Waals surface area contributed by atoms with E-state index in [1.165, 1.54) is 0 Å². The number of nitrogens with zero attached hydrogens (tertiary/aromatic N) is 5. The summed E-state index contributed by atoms with van der Waals surface area (Å²) in [6.07, 6.45) is 1.83. The molecule has 24 heavy (non-hydrogen) atoms. The largest absolute Gasteiger partial charge is 0.303 e. The Balaban J connectivity index is 1.73. The Bertz CT molecular complexity index is 715. The molecule has 0 aliphatic carbocycles. The third-order valence-corrected chi connectivity index (χ3v) is 4.84. The van der Waals surface area contributed by atoms with Crippen LogP contribution >= 0.6 is 23.2 Å². The van der Waals surface area contributed by atoms with Gasteiger partial charge in [0.2, 0.25) is 0 Å². The van der Waals surface area contributed by atoms with Crippen molar-refractivity contribution in [3.8, 4) is 0 Å². The molecule has 7 heteroatoms. The number of hydrazone groups is 1. The zero-order chi connectivity index (χ0) is 17.1. The summed E-state index contributed by atoms with van der Waals surface area (Å²) in [6, 6.07) is 7.70. The van der Waals surface area contributed by atoms with Crippen LogP contribution in [-0.4, -0.2) is 59.1 Å². The average molecular weight is 366 g/mol. The fourth-order valence-electron chi connectivity index (χ4n) is 2.63. The third kappa shape index (κ3) is 4.09. The van der Waals surface area contributed by atoms with Crippen molar-refractivity contribution in [2.45, 2.75) is 13.5 Å². The number of aryl methyl sites for hydroxylation is 1. The molecule has 3 rings (SSSR count). The Morgan fingerprint density at radius 1 is 1.12 bits per heavy atom. The summed E-state index contributed by atoms with van der Waals surface area (Å²) >= 11 is 12.4. The predicted octanol–water partition coefficient (Wildman–Crippen LogP) is 3.13.